The number of hydrogen-bond donors (Lipinski definition) is 2. The molecule has 4 rings (SSSR count). The van der Waals surface area contributed by atoms with Gasteiger partial charge in [-0.15, -0.1) is 0 Å². The van der Waals surface area contributed by atoms with Crippen molar-refractivity contribution in [2.45, 2.75) is 26.4 Å². The van der Waals surface area contributed by atoms with Gasteiger partial charge in [0.1, 0.15) is 17.3 Å². The van der Waals surface area contributed by atoms with Crippen molar-refractivity contribution in [3.63, 3.8) is 0 Å². The predicted molar refractivity (Wildman–Crippen MR) is 134 cm³/mol. The molecule has 0 bridgehead atoms. The number of anilines is 1. The Hall–Kier alpha value is -4.33. The Morgan fingerprint density at radius 1 is 0.971 bits per heavy atom. The molecule has 0 radical (unpaired) electrons. The lowest BCUT2D eigenvalue weighted by Gasteiger charge is -2.16. The third kappa shape index (κ3) is 5.60. The van der Waals surface area contributed by atoms with E-state index in [2.05, 4.69) is 15.3 Å². The highest BCUT2D eigenvalue weighted by Crippen LogP contribution is 2.24. The molecule has 4 aromatic rings. The molecule has 8 nitrogen and oxygen atoms in total. The molecule has 0 spiro atoms. The summed E-state index contributed by atoms with van der Waals surface area (Å²) in [6.45, 7) is 4.25. The molecule has 1 amide bonds. The fourth-order valence-electron chi connectivity index (χ4n) is 3.57. The molecule has 3 aromatic carbocycles. The van der Waals surface area contributed by atoms with Gasteiger partial charge in [-0.3, -0.25) is 4.79 Å². The van der Waals surface area contributed by atoms with Gasteiger partial charge in [-0.05, 0) is 80.1 Å². The minimum Gasteiger partial charge on any atom is -0.497 e. The maximum Gasteiger partial charge on any atom is 0.338 e. The third-order valence-electron chi connectivity index (χ3n) is 5.43. The molecule has 35 heavy (non-hydrogen) atoms. The number of aromatic nitrogens is 2. The van der Waals surface area contributed by atoms with Crippen LogP contribution in [0.4, 0.5) is 5.69 Å². The van der Waals surface area contributed by atoms with Crippen LogP contribution in [0.25, 0.3) is 22.4 Å². The van der Waals surface area contributed by atoms with E-state index in [4.69, 9.17) is 14.2 Å². The van der Waals surface area contributed by atoms with Gasteiger partial charge in [0.25, 0.3) is 5.91 Å². The Labute approximate surface area is 203 Å². The van der Waals surface area contributed by atoms with Crippen molar-refractivity contribution in [3.05, 3.63) is 72.3 Å². The lowest BCUT2D eigenvalue weighted by molar-refractivity contribution is -0.124. The van der Waals surface area contributed by atoms with Crippen LogP contribution in [0.3, 0.4) is 0 Å². The number of carbonyl (C=O) groups excluding carboxylic acids is 2. The van der Waals surface area contributed by atoms with E-state index in [0.717, 1.165) is 11.3 Å². The van der Waals surface area contributed by atoms with E-state index in [1.54, 1.807) is 56.5 Å². The van der Waals surface area contributed by atoms with Crippen molar-refractivity contribution in [3.8, 4) is 22.9 Å². The molecule has 0 fully saturated rings. The molecule has 2 N–H and O–H groups in total. The first-order valence-electron chi connectivity index (χ1n) is 11.4. The second-order valence-electron chi connectivity index (χ2n) is 7.79. The molecule has 1 aromatic heterocycles. The molecule has 180 valence electrons. The first-order valence-corrected chi connectivity index (χ1v) is 11.4. The van der Waals surface area contributed by atoms with Gasteiger partial charge in [-0.1, -0.05) is 6.92 Å². The number of carbonyl (C=O) groups is 2. The number of esters is 1. The van der Waals surface area contributed by atoms with Gasteiger partial charge in [0.05, 0.1) is 30.3 Å². The maximum atomic E-state index is 12.8. The molecule has 8 heteroatoms. The number of nitrogens with one attached hydrogen (secondary N) is 2. The summed E-state index contributed by atoms with van der Waals surface area (Å²) in [7, 11) is 1.61. The number of benzene rings is 3. The minimum atomic E-state index is -0.929. The molecule has 0 saturated heterocycles. The van der Waals surface area contributed by atoms with Crippen LogP contribution in [0, 0.1) is 0 Å². The fraction of sp³-hybridized carbons (Fsp3) is 0.222. The smallest absolute Gasteiger partial charge is 0.338 e. The van der Waals surface area contributed by atoms with Crippen molar-refractivity contribution in [2.24, 2.45) is 0 Å². The fourth-order valence-corrected chi connectivity index (χ4v) is 3.57. The van der Waals surface area contributed by atoms with Crippen LogP contribution in [-0.2, 0) is 9.53 Å². The molecule has 1 atom stereocenters. The summed E-state index contributed by atoms with van der Waals surface area (Å²) in [4.78, 5) is 33.3. The van der Waals surface area contributed by atoms with E-state index in [-0.39, 0.29) is 0 Å². The van der Waals surface area contributed by atoms with Crippen molar-refractivity contribution < 1.29 is 23.8 Å². The van der Waals surface area contributed by atoms with Crippen LogP contribution < -0.4 is 14.8 Å². The van der Waals surface area contributed by atoms with Crippen molar-refractivity contribution >= 4 is 28.6 Å². The first-order chi connectivity index (χ1) is 17.0. The number of amides is 1. The van der Waals surface area contributed by atoms with Crippen molar-refractivity contribution in [1.29, 1.82) is 0 Å². The highest BCUT2D eigenvalue weighted by molar-refractivity contribution is 5.99. The lowest BCUT2D eigenvalue weighted by atomic mass is 10.2. The summed E-state index contributed by atoms with van der Waals surface area (Å²) in [5, 5.41) is 2.78. The third-order valence-corrected chi connectivity index (χ3v) is 5.43. The second kappa shape index (κ2) is 10.7. The topological polar surface area (TPSA) is 103 Å². The van der Waals surface area contributed by atoms with E-state index in [1.807, 2.05) is 31.2 Å². The van der Waals surface area contributed by atoms with Crippen LogP contribution in [0.1, 0.15) is 30.6 Å². The summed E-state index contributed by atoms with van der Waals surface area (Å²) < 4.78 is 16.1. The van der Waals surface area contributed by atoms with E-state index >= 15 is 0 Å². The normalized spacial score (nSPS) is 11.6. The predicted octanol–water partition coefficient (Wildman–Crippen LogP) is 5.21. The van der Waals surface area contributed by atoms with Crippen molar-refractivity contribution in [2.75, 3.05) is 19.0 Å². The highest BCUT2D eigenvalue weighted by Gasteiger charge is 2.22. The second-order valence-corrected chi connectivity index (χ2v) is 7.79. The average Bonchev–Trinajstić information content (AvgIpc) is 3.32. The largest absolute Gasteiger partial charge is 0.497 e. The van der Waals surface area contributed by atoms with Gasteiger partial charge < -0.3 is 24.5 Å². The first kappa shape index (κ1) is 23.8. The number of imidazole rings is 1. The number of hydrogen-bond acceptors (Lipinski definition) is 6. The number of nitrogens with zero attached hydrogens (tertiary/aromatic N) is 1. The van der Waals surface area contributed by atoms with E-state index < -0.39 is 18.0 Å². The molecular weight excluding hydrogens is 446 g/mol. The summed E-state index contributed by atoms with van der Waals surface area (Å²) in [6, 6.07) is 19.6. The van der Waals surface area contributed by atoms with E-state index in [0.29, 0.717) is 46.9 Å². The number of ether oxygens (including phenoxy) is 3. The number of methoxy groups -OCH3 is 1. The zero-order valence-corrected chi connectivity index (χ0v) is 19.8. The zero-order valence-electron chi connectivity index (χ0n) is 19.8. The summed E-state index contributed by atoms with van der Waals surface area (Å²) in [6.07, 6.45) is -0.593. The quantitative estimate of drug-likeness (QED) is 0.324. The number of fused-ring (bicyclic) bond motifs is 1. The average molecular weight is 474 g/mol. The van der Waals surface area contributed by atoms with Crippen LogP contribution in [0.15, 0.2) is 66.7 Å². The van der Waals surface area contributed by atoms with Gasteiger partial charge in [-0.25, -0.2) is 9.78 Å². The summed E-state index contributed by atoms with van der Waals surface area (Å²) in [5.41, 5.74) is 3.22. The number of H-pyrrole nitrogens is 1. The Balaban J connectivity index is 1.44. The van der Waals surface area contributed by atoms with Crippen molar-refractivity contribution in [1.82, 2.24) is 9.97 Å². The van der Waals surface area contributed by atoms with Gasteiger partial charge in [0, 0.05) is 11.3 Å². The molecule has 1 heterocycles. The SMILES string of the molecule is CCOc1ccc(NC(=O)C(CC)OC(=O)c2ccc3nc(-c4ccc(OC)cc4)[nH]c3c2)cc1. The zero-order chi connectivity index (χ0) is 24.8. The monoisotopic (exact) mass is 473 g/mol. The Morgan fingerprint density at radius 2 is 1.69 bits per heavy atom. The van der Waals surface area contributed by atoms with Gasteiger partial charge in [0.2, 0.25) is 0 Å². The Bertz CT molecular complexity index is 1310. The molecule has 0 aliphatic carbocycles. The van der Waals surface area contributed by atoms with E-state index in [1.165, 1.54) is 0 Å². The molecule has 0 aliphatic heterocycles. The van der Waals surface area contributed by atoms with Crippen LogP contribution in [0.2, 0.25) is 0 Å². The molecule has 0 saturated carbocycles. The van der Waals surface area contributed by atoms with Crippen LogP contribution in [-0.4, -0.2) is 41.7 Å². The number of rotatable bonds is 9. The minimum absolute atomic E-state index is 0.328. The molecule has 1 unspecified atom stereocenters. The van der Waals surface area contributed by atoms with E-state index in [9.17, 15) is 9.59 Å². The standard InChI is InChI=1S/C27H27N3O5/c1-4-24(26(31)28-19-9-13-21(14-10-19)34-5-2)35-27(32)18-8-15-22-23(16-18)30-25(29-22)17-6-11-20(33-3)12-7-17/h6-16,24H,4-5H2,1-3H3,(H,28,31)(H,29,30). The van der Waals surface area contributed by atoms with Crippen LogP contribution in [0.5, 0.6) is 11.5 Å². The molecular formula is C27H27N3O5. The highest BCUT2D eigenvalue weighted by atomic mass is 16.5. The summed E-state index contributed by atoms with van der Waals surface area (Å²) >= 11 is 0. The van der Waals surface area contributed by atoms with Crippen LogP contribution >= 0.6 is 0 Å². The number of aromatic amines is 1. The van der Waals surface area contributed by atoms with Gasteiger partial charge >= 0.3 is 5.97 Å². The Kier molecular flexibility index (Phi) is 7.30. The summed E-state index contributed by atoms with van der Waals surface area (Å²) in [5.74, 6) is 1.17. The maximum absolute atomic E-state index is 12.8. The molecule has 0 aliphatic rings. The van der Waals surface area contributed by atoms with Gasteiger partial charge in [-0.2, -0.15) is 0 Å². The Morgan fingerprint density at radius 3 is 2.34 bits per heavy atom. The van der Waals surface area contributed by atoms with Gasteiger partial charge in [0.15, 0.2) is 6.10 Å². The lowest BCUT2D eigenvalue weighted by Crippen LogP contribution is -2.32.